The van der Waals surface area contributed by atoms with Gasteiger partial charge in [-0.25, -0.2) is 0 Å². The summed E-state index contributed by atoms with van der Waals surface area (Å²) >= 11 is 0. The number of aliphatic carboxylic acids is 5. The summed E-state index contributed by atoms with van der Waals surface area (Å²) in [5.74, 6) is -6.14. The van der Waals surface area contributed by atoms with Crippen LogP contribution < -0.4 is 5.73 Å². The highest BCUT2D eigenvalue weighted by Crippen LogP contribution is 2.28. The molecule has 1 saturated carbocycles. The van der Waals surface area contributed by atoms with Crippen molar-refractivity contribution >= 4 is 60.3 Å². The van der Waals surface area contributed by atoms with Gasteiger partial charge in [0.25, 0.3) is 0 Å². The molecule has 0 aromatic heterocycles. The zero-order valence-corrected chi connectivity index (χ0v) is 25.0. The summed E-state index contributed by atoms with van der Waals surface area (Å²) in [6.45, 7) is -2.84. The monoisotopic (exact) mass is 660 g/mol. The molecule has 3 atom stereocenters. The minimum atomic E-state index is -1.26. The van der Waals surface area contributed by atoms with Gasteiger partial charge in [-0.05, 0) is 37.0 Å². The largest absolute Gasteiger partial charge is 0.480 e. The van der Waals surface area contributed by atoms with Crippen LogP contribution in [0.3, 0.4) is 0 Å². The molecule has 0 aliphatic heterocycles. The Kier molecular flexibility index (Phi) is 22.0. The molecule has 1 aliphatic rings. The molecule has 0 saturated heterocycles. The van der Waals surface area contributed by atoms with Crippen LogP contribution >= 0.6 is 24.8 Å². The van der Waals surface area contributed by atoms with Gasteiger partial charge in [-0.1, -0.05) is 25.0 Å². The number of hydrogen-bond acceptors (Lipinski definition) is 9. The quantitative estimate of drug-likeness (QED) is 0.109. The van der Waals surface area contributed by atoms with E-state index in [9.17, 15) is 49.5 Å². The Labute approximate surface area is 260 Å². The summed E-state index contributed by atoms with van der Waals surface area (Å²) in [5.41, 5.74) is 6.99. The number of rotatable bonds is 17. The second-order valence-corrected chi connectivity index (χ2v) is 9.73. The number of nitrogens with zero attached hydrogens (tertiary/aromatic N) is 3. The molecule has 43 heavy (non-hydrogen) atoms. The molecule has 18 heteroatoms. The van der Waals surface area contributed by atoms with Crippen molar-refractivity contribution in [3.05, 3.63) is 29.8 Å². The van der Waals surface area contributed by atoms with Crippen LogP contribution in [0.2, 0.25) is 0 Å². The average Bonchev–Trinajstić information content (AvgIpc) is 2.82. The number of carboxylic acid groups (broad SMARTS) is 5. The lowest BCUT2D eigenvalue weighted by molar-refractivity contribution is -0.146. The Morgan fingerprint density at radius 1 is 0.674 bits per heavy atom. The van der Waals surface area contributed by atoms with Crippen LogP contribution in [-0.2, 0) is 30.4 Å². The molecule has 0 amide bonds. The molecule has 16 nitrogen and oxygen atoms in total. The lowest BCUT2D eigenvalue weighted by atomic mass is 9.87. The Hall–Kier alpha value is -3.25. The van der Waals surface area contributed by atoms with Gasteiger partial charge in [0.05, 0.1) is 32.7 Å². The smallest absolute Gasteiger partial charge is 0.317 e. The molecule has 248 valence electrons. The van der Waals surface area contributed by atoms with E-state index in [1.165, 1.54) is 9.80 Å². The van der Waals surface area contributed by atoms with Crippen molar-refractivity contribution in [3.8, 4) is 0 Å². The minimum absolute atomic E-state index is 0. The maximum Gasteiger partial charge on any atom is 0.317 e. The fourth-order valence-electron chi connectivity index (χ4n) is 5.24. The maximum atomic E-state index is 11.9. The van der Waals surface area contributed by atoms with Gasteiger partial charge in [-0.2, -0.15) is 0 Å². The summed E-state index contributed by atoms with van der Waals surface area (Å²) in [4.78, 5) is 62.4. The third-order valence-corrected chi connectivity index (χ3v) is 6.74. The van der Waals surface area contributed by atoms with Crippen molar-refractivity contribution in [2.24, 2.45) is 0 Å². The standard InChI is InChI=1S/C25H36N4O10.2ClH.2H2O/c26-17-7-5-16(6-8-17)9-18(27(11-21(30)31)12-22(32)33)10-28(13-23(34)35)19-3-1-2-4-20(19)29(14-24(36)37)15-25(38)39;;;;/h5-8,18-20H,1-4,9-15,26H2,(H,30,31)(H,32,33)(H,34,35)(H,36,37)(H,38,39);2*1H;2*1H2/t18-,19+,20+;;;;/m1..../s1. The fraction of sp³-hybridized carbons (Fsp3) is 0.560. The Morgan fingerprint density at radius 2 is 1.05 bits per heavy atom. The highest BCUT2D eigenvalue weighted by Gasteiger charge is 2.38. The van der Waals surface area contributed by atoms with Crippen LogP contribution in [0.25, 0.3) is 0 Å². The van der Waals surface area contributed by atoms with E-state index in [-0.39, 0.29) is 48.7 Å². The van der Waals surface area contributed by atoms with Crippen molar-refractivity contribution in [1.82, 2.24) is 14.7 Å². The lowest BCUT2D eigenvalue weighted by Crippen LogP contribution is -2.59. The topological polar surface area (TPSA) is 285 Å². The van der Waals surface area contributed by atoms with E-state index in [0.717, 1.165) is 5.56 Å². The number of carboxylic acids is 5. The average molecular weight is 662 g/mol. The van der Waals surface area contributed by atoms with E-state index in [2.05, 4.69) is 0 Å². The zero-order valence-electron chi connectivity index (χ0n) is 23.3. The SMILES string of the molecule is Cl.Cl.Nc1ccc(C[C@H](CN(CC(=O)O)[C@H]2CCCC[C@@H]2N(CC(=O)O)CC(=O)O)N(CC(=O)O)CC(=O)O)cc1.O.O. The normalized spacial score (nSPS) is 16.5. The molecular formula is C25H42Cl2N4O12. The Bertz CT molecular complexity index is 1000. The third kappa shape index (κ3) is 15.7. The number of hydrogen-bond donors (Lipinski definition) is 6. The van der Waals surface area contributed by atoms with Crippen molar-refractivity contribution in [1.29, 1.82) is 0 Å². The molecule has 1 fully saturated rings. The molecular weight excluding hydrogens is 619 g/mol. The summed E-state index contributed by atoms with van der Waals surface area (Å²) in [5, 5.41) is 47.5. The van der Waals surface area contributed by atoms with E-state index in [1.54, 1.807) is 29.2 Å². The molecule has 11 N–H and O–H groups in total. The molecule has 0 unspecified atom stereocenters. The Morgan fingerprint density at radius 3 is 1.44 bits per heavy atom. The van der Waals surface area contributed by atoms with Gasteiger partial charge in [0.15, 0.2) is 0 Å². The second kappa shape index (κ2) is 21.4. The van der Waals surface area contributed by atoms with E-state index in [4.69, 9.17) is 5.73 Å². The van der Waals surface area contributed by atoms with E-state index in [1.807, 2.05) is 0 Å². The van der Waals surface area contributed by atoms with Crippen LogP contribution in [0.4, 0.5) is 5.69 Å². The maximum absolute atomic E-state index is 11.9. The first kappa shape index (κ1) is 44.2. The van der Waals surface area contributed by atoms with Crippen molar-refractivity contribution in [2.45, 2.75) is 50.2 Å². The first-order valence-electron chi connectivity index (χ1n) is 12.5. The molecule has 1 aromatic rings. The molecule has 0 spiro atoms. The van der Waals surface area contributed by atoms with Gasteiger partial charge in [0.1, 0.15) is 0 Å². The van der Waals surface area contributed by atoms with Crippen molar-refractivity contribution in [2.75, 3.05) is 45.0 Å². The molecule has 1 aliphatic carbocycles. The second-order valence-electron chi connectivity index (χ2n) is 9.73. The number of nitrogen functional groups attached to an aromatic ring is 1. The van der Waals surface area contributed by atoms with Gasteiger partial charge in [-0.15, -0.1) is 24.8 Å². The van der Waals surface area contributed by atoms with Gasteiger partial charge >= 0.3 is 29.8 Å². The number of carbonyl (C=O) groups is 5. The van der Waals surface area contributed by atoms with Crippen LogP contribution in [0.15, 0.2) is 24.3 Å². The van der Waals surface area contributed by atoms with Crippen LogP contribution in [0.1, 0.15) is 31.2 Å². The van der Waals surface area contributed by atoms with Crippen molar-refractivity contribution in [3.63, 3.8) is 0 Å². The van der Waals surface area contributed by atoms with E-state index in [0.29, 0.717) is 31.4 Å². The number of halogens is 2. The van der Waals surface area contributed by atoms with Gasteiger partial charge in [-0.3, -0.25) is 38.7 Å². The van der Waals surface area contributed by atoms with Crippen LogP contribution in [0.5, 0.6) is 0 Å². The number of anilines is 1. The van der Waals surface area contributed by atoms with E-state index < -0.39 is 80.7 Å². The first-order valence-corrected chi connectivity index (χ1v) is 12.5. The summed E-state index contributed by atoms with van der Waals surface area (Å²) in [6.07, 6.45) is 2.47. The molecule has 0 radical (unpaired) electrons. The molecule has 2 rings (SSSR count). The fourth-order valence-corrected chi connectivity index (χ4v) is 5.24. The molecule has 0 bridgehead atoms. The third-order valence-electron chi connectivity index (χ3n) is 6.74. The number of nitrogens with two attached hydrogens (primary N) is 1. The zero-order chi connectivity index (χ0) is 29.1. The van der Waals surface area contributed by atoms with Gasteiger partial charge in [0, 0.05) is 30.4 Å². The highest BCUT2D eigenvalue weighted by atomic mass is 35.5. The van der Waals surface area contributed by atoms with E-state index >= 15 is 0 Å². The molecule has 1 aromatic carbocycles. The first-order chi connectivity index (χ1) is 18.3. The summed E-state index contributed by atoms with van der Waals surface area (Å²) < 4.78 is 0. The lowest BCUT2D eigenvalue weighted by Gasteiger charge is -2.45. The minimum Gasteiger partial charge on any atom is -0.480 e. The van der Waals surface area contributed by atoms with Crippen molar-refractivity contribution < 1.29 is 60.5 Å². The predicted octanol–water partition coefficient (Wildman–Crippen LogP) is -0.986. The Balaban J connectivity index is -0.00000400. The van der Waals surface area contributed by atoms with Crippen LogP contribution in [0, 0.1) is 0 Å². The predicted molar refractivity (Wildman–Crippen MR) is 159 cm³/mol. The highest BCUT2D eigenvalue weighted by molar-refractivity contribution is 5.85. The number of benzene rings is 1. The van der Waals surface area contributed by atoms with Gasteiger partial charge < -0.3 is 42.2 Å². The summed E-state index contributed by atoms with van der Waals surface area (Å²) in [6, 6.07) is 4.83. The summed E-state index contributed by atoms with van der Waals surface area (Å²) in [7, 11) is 0. The van der Waals surface area contributed by atoms with Gasteiger partial charge in [0.2, 0.25) is 0 Å². The van der Waals surface area contributed by atoms with Crippen LogP contribution in [-0.4, -0.2) is 138 Å². The molecule has 0 heterocycles.